The van der Waals surface area contributed by atoms with Crippen molar-refractivity contribution in [3.05, 3.63) is 45.8 Å². The molecule has 4 nitrogen and oxygen atoms in total. The van der Waals surface area contributed by atoms with Crippen LogP contribution in [0.2, 0.25) is 0 Å². The Morgan fingerprint density at radius 2 is 2.00 bits per heavy atom. The quantitative estimate of drug-likeness (QED) is 0.465. The van der Waals surface area contributed by atoms with E-state index in [1.165, 1.54) is 30.4 Å². The summed E-state index contributed by atoms with van der Waals surface area (Å²) in [7, 11) is 1.45. The molecule has 2 aromatic rings. The highest BCUT2D eigenvalue weighted by atomic mass is 32.1. The first-order valence-electron chi connectivity index (χ1n) is 9.08. The van der Waals surface area contributed by atoms with E-state index in [1.54, 1.807) is 11.3 Å². The second-order valence-corrected chi connectivity index (χ2v) is 8.21. The third-order valence-electron chi connectivity index (χ3n) is 5.16. The summed E-state index contributed by atoms with van der Waals surface area (Å²) >= 11 is 7.35. The number of carbonyl (C=O) groups is 1. The number of rotatable bonds is 2. The predicted octanol–water partition coefficient (Wildman–Crippen LogP) is 4.56. The van der Waals surface area contributed by atoms with Crippen molar-refractivity contribution in [2.75, 3.05) is 23.9 Å². The van der Waals surface area contributed by atoms with E-state index in [0.29, 0.717) is 10.7 Å². The first-order chi connectivity index (χ1) is 12.7. The number of para-hydroxylation sites is 1. The molecule has 1 aromatic carbocycles. The lowest BCUT2D eigenvalue weighted by Gasteiger charge is -2.21. The van der Waals surface area contributed by atoms with Gasteiger partial charge in [-0.3, -0.25) is 0 Å². The number of ether oxygens (including phenoxy) is 1. The lowest BCUT2D eigenvalue weighted by atomic mass is 10.1. The molecule has 4 rings (SSSR count). The molecule has 0 fully saturated rings. The molecule has 0 radical (unpaired) electrons. The van der Waals surface area contributed by atoms with Crippen molar-refractivity contribution >= 4 is 45.3 Å². The zero-order valence-corrected chi connectivity index (χ0v) is 16.5. The van der Waals surface area contributed by atoms with Crippen molar-refractivity contribution in [3.63, 3.8) is 0 Å². The number of nitrogens with one attached hydrogen (secondary N) is 1. The maximum absolute atomic E-state index is 12.5. The zero-order chi connectivity index (χ0) is 18.1. The van der Waals surface area contributed by atoms with Crippen molar-refractivity contribution in [2.24, 2.45) is 0 Å². The second kappa shape index (κ2) is 7.37. The Bertz CT molecular complexity index is 859. The number of methoxy groups -OCH3 is 1. The topological polar surface area (TPSA) is 41.6 Å². The smallest absolute Gasteiger partial charge is 0.341 e. The number of hydrogen-bond acceptors (Lipinski definition) is 4. The van der Waals surface area contributed by atoms with Crippen LogP contribution in [-0.4, -0.2) is 24.7 Å². The van der Waals surface area contributed by atoms with Crippen molar-refractivity contribution < 1.29 is 9.53 Å². The minimum Gasteiger partial charge on any atom is -0.465 e. The molecule has 2 aliphatic rings. The molecule has 0 saturated heterocycles. The van der Waals surface area contributed by atoms with E-state index in [1.807, 2.05) is 6.07 Å². The monoisotopic (exact) mass is 386 g/mol. The number of carbonyl (C=O) groups excluding carboxylic acids is 1. The average molecular weight is 387 g/mol. The molecule has 1 aromatic heterocycles. The van der Waals surface area contributed by atoms with Crippen LogP contribution in [-0.2, 0) is 24.0 Å². The third-order valence-corrected chi connectivity index (χ3v) is 6.69. The molecule has 0 amide bonds. The highest BCUT2D eigenvalue weighted by Crippen LogP contribution is 2.38. The van der Waals surface area contributed by atoms with E-state index in [4.69, 9.17) is 17.0 Å². The fourth-order valence-electron chi connectivity index (χ4n) is 3.86. The fraction of sp³-hybridized carbons (Fsp3) is 0.400. The van der Waals surface area contributed by atoms with Gasteiger partial charge in [-0.2, -0.15) is 0 Å². The van der Waals surface area contributed by atoms with Crippen LogP contribution in [0.4, 0.5) is 10.7 Å². The molecule has 1 aliphatic heterocycles. The number of aryl methyl sites for hydroxylation is 1. The maximum atomic E-state index is 12.5. The Balaban J connectivity index is 1.64. The number of anilines is 2. The molecule has 1 N–H and O–H groups in total. The molecule has 0 atom stereocenters. The molecule has 0 bridgehead atoms. The highest BCUT2D eigenvalue weighted by Gasteiger charge is 2.28. The van der Waals surface area contributed by atoms with E-state index in [9.17, 15) is 4.79 Å². The molecule has 0 saturated carbocycles. The standard InChI is InChI=1S/C20H22N2O2S2/c1-24-19(23)17-14-8-3-2-4-10-16(14)26-18(17)21-20(25)22-12-11-13-7-5-6-9-15(13)22/h5-7,9H,2-4,8,10-12H2,1H3,(H,21,25). The molecule has 6 heteroatoms. The summed E-state index contributed by atoms with van der Waals surface area (Å²) in [6.45, 7) is 0.865. The number of thiocarbonyl (C=S) groups is 1. The van der Waals surface area contributed by atoms with Gasteiger partial charge in [-0.15, -0.1) is 11.3 Å². The summed E-state index contributed by atoms with van der Waals surface area (Å²) in [6, 6.07) is 8.34. The summed E-state index contributed by atoms with van der Waals surface area (Å²) in [5.74, 6) is -0.267. The molecule has 2 heterocycles. The van der Waals surface area contributed by atoms with Gasteiger partial charge in [-0.1, -0.05) is 24.6 Å². The summed E-state index contributed by atoms with van der Waals surface area (Å²) in [6.07, 6.45) is 6.48. The molecular weight excluding hydrogens is 364 g/mol. The number of fused-ring (bicyclic) bond motifs is 2. The lowest BCUT2D eigenvalue weighted by Crippen LogP contribution is -2.33. The lowest BCUT2D eigenvalue weighted by molar-refractivity contribution is 0.0601. The number of esters is 1. The highest BCUT2D eigenvalue weighted by molar-refractivity contribution is 7.80. The van der Waals surface area contributed by atoms with E-state index >= 15 is 0 Å². The Morgan fingerprint density at radius 1 is 1.19 bits per heavy atom. The maximum Gasteiger partial charge on any atom is 0.341 e. The summed E-state index contributed by atoms with van der Waals surface area (Å²) < 4.78 is 5.08. The van der Waals surface area contributed by atoms with Crippen molar-refractivity contribution in [1.29, 1.82) is 0 Å². The van der Waals surface area contributed by atoms with Crippen LogP contribution in [0.3, 0.4) is 0 Å². The van der Waals surface area contributed by atoms with E-state index in [-0.39, 0.29) is 5.97 Å². The van der Waals surface area contributed by atoms with Crippen LogP contribution in [0.25, 0.3) is 0 Å². The van der Waals surface area contributed by atoms with E-state index in [2.05, 4.69) is 28.4 Å². The van der Waals surface area contributed by atoms with Gasteiger partial charge in [-0.25, -0.2) is 4.79 Å². The van der Waals surface area contributed by atoms with Gasteiger partial charge in [-0.05, 0) is 61.5 Å². The van der Waals surface area contributed by atoms with Crippen molar-refractivity contribution in [2.45, 2.75) is 38.5 Å². The van der Waals surface area contributed by atoms with Gasteiger partial charge >= 0.3 is 5.97 Å². The Labute approximate surface area is 163 Å². The van der Waals surface area contributed by atoms with Gasteiger partial charge < -0.3 is 15.0 Å². The average Bonchev–Trinajstić information content (AvgIpc) is 3.15. The molecule has 1 aliphatic carbocycles. The second-order valence-electron chi connectivity index (χ2n) is 6.72. The third kappa shape index (κ3) is 3.12. The molecule has 136 valence electrons. The molecule has 0 unspecified atom stereocenters. The van der Waals surface area contributed by atoms with Gasteiger partial charge in [0.05, 0.1) is 12.7 Å². The van der Waals surface area contributed by atoms with Crippen molar-refractivity contribution in [1.82, 2.24) is 0 Å². The minimum atomic E-state index is -0.267. The normalized spacial score (nSPS) is 15.8. The number of benzene rings is 1. The van der Waals surface area contributed by atoms with Crippen LogP contribution in [0, 0.1) is 0 Å². The summed E-state index contributed by atoms with van der Waals surface area (Å²) in [4.78, 5) is 15.9. The largest absolute Gasteiger partial charge is 0.465 e. The molecular formula is C20H22N2O2S2. The number of thiophene rings is 1. The number of hydrogen-bond donors (Lipinski definition) is 1. The van der Waals surface area contributed by atoms with Gasteiger partial charge in [0, 0.05) is 17.1 Å². The Kier molecular flexibility index (Phi) is 4.96. The van der Waals surface area contributed by atoms with Crippen LogP contribution in [0.15, 0.2) is 24.3 Å². The van der Waals surface area contributed by atoms with Crippen molar-refractivity contribution in [3.8, 4) is 0 Å². The predicted molar refractivity (Wildman–Crippen MR) is 111 cm³/mol. The van der Waals surface area contributed by atoms with E-state index < -0.39 is 0 Å². The zero-order valence-electron chi connectivity index (χ0n) is 14.8. The molecule has 26 heavy (non-hydrogen) atoms. The van der Waals surface area contributed by atoms with Crippen LogP contribution in [0.1, 0.15) is 45.6 Å². The van der Waals surface area contributed by atoms with Crippen LogP contribution < -0.4 is 10.2 Å². The van der Waals surface area contributed by atoms with Crippen LogP contribution in [0.5, 0.6) is 0 Å². The van der Waals surface area contributed by atoms with Crippen LogP contribution >= 0.6 is 23.6 Å². The summed E-state index contributed by atoms with van der Waals surface area (Å²) in [5.41, 5.74) is 4.31. The minimum absolute atomic E-state index is 0.267. The van der Waals surface area contributed by atoms with Gasteiger partial charge in [0.1, 0.15) is 5.00 Å². The first kappa shape index (κ1) is 17.5. The Morgan fingerprint density at radius 3 is 2.85 bits per heavy atom. The van der Waals surface area contributed by atoms with Gasteiger partial charge in [0.25, 0.3) is 0 Å². The molecule has 0 spiro atoms. The SMILES string of the molecule is COC(=O)c1c(NC(=S)N2CCc3ccccc32)sc2c1CCCCC2. The van der Waals surface area contributed by atoms with Gasteiger partial charge in [0.15, 0.2) is 5.11 Å². The van der Waals surface area contributed by atoms with E-state index in [0.717, 1.165) is 48.5 Å². The van der Waals surface area contributed by atoms with Gasteiger partial charge in [0.2, 0.25) is 0 Å². The summed E-state index contributed by atoms with van der Waals surface area (Å²) in [5, 5.41) is 4.84. The Hall–Kier alpha value is -1.92. The fourth-order valence-corrected chi connectivity index (χ4v) is 5.50. The first-order valence-corrected chi connectivity index (χ1v) is 10.3. The number of nitrogens with zero attached hydrogens (tertiary/aromatic N) is 1.